The summed E-state index contributed by atoms with van der Waals surface area (Å²) in [7, 11) is 1.40. The number of aromatic amines is 1. The highest BCUT2D eigenvalue weighted by Gasteiger charge is 2.50. The molecule has 4 aromatic heterocycles. The van der Waals surface area contributed by atoms with Crippen molar-refractivity contribution in [2.75, 3.05) is 20.3 Å². The normalized spacial score (nSPS) is 30.9. The second-order valence-electron chi connectivity index (χ2n) is 10.2. The summed E-state index contributed by atoms with van der Waals surface area (Å²) in [5, 5.41) is 0. The van der Waals surface area contributed by atoms with Gasteiger partial charge in [0.15, 0.2) is 35.0 Å². The van der Waals surface area contributed by atoms with Crippen LogP contribution in [-0.4, -0.2) is 93.5 Å². The summed E-state index contributed by atoms with van der Waals surface area (Å²) in [6.07, 6.45) is -4.42. The molecule has 2 unspecified atom stereocenters. The van der Waals surface area contributed by atoms with E-state index in [0.717, 1.165) is 10.9 Å². The summed E-state index contributed by atoms with van der Waals surface area (Å²) >= 11 is 10.1. The number of halogens is 3. The van der Waals surface area contributed by atoms with Gasteiger partial charge in [0.2, 0.25) is 0 Å². The standard InChI is InChI=1S/C22H25F3N8O9P2S2/c1-10-28-19-16(20(34)29-10)27-9-33(19)21-17-15(23)12(41-21)4-38-43(35,45)40-8-22(24,25)7-32-14(6-39-44(36,46)42-17)30-11-3-26-13(5-37-2)31-18(11)32/h3,9,12,15,17,21H,4-8H2,1-2H3,(H,35,45)(H,36,46)(H,28,29,34)/t12-,15-,17-,21-,43?,44?/m1/s1. The maximum atomic E-state index is 16.0. The van der Waals surface area contributed by atoms with Gasteiger partial charge in [-0.2, -0.15) is 0 Å². The summed E-state index contributed by atoms with van der Waals surface area (Å²) in [6, 6.07) is 0. The molecule has 4 aromatic rings. The highest BCUT2D eigenvalue weighted by Crippen LogP contribution is 2.52. The van der Waals surface area contributed by atoms with E-state index < -0.39 is 75.9 Å². The summed E-state index contributed by atoms with van der Waals surface area (Å²) < 4.78 is 80.8. The molecule has 0 spiro atoms. The number of hydrogen-bond acceptors (Lipinski definition) is 14. The van der Waals surface area contributed by atoms with Crippen molar-refractivity contribution >= 4 is 59.4 Å². The van der Waals surface area contributed by atoms with Crippen molar-refractivity contribution in [1.29, 1.82) is 0 Å². The monoisotopic (exact) mass is 728 g/mol. The third kappa shape index (κ3) is 6.94. The fourth-order valence-electron chi connectivity index (χ4n) is 4.85. The number of nitrogens with zero attached hydrogens (tertiary/aromatic N) is 7. The largest absolute Gasteiger partial charge is 0.377 e. The van der Waals surface area contributed by atoms with Crippen molar-refractivity contribution in [3.05, 3.63) is 40.4 Å². The first-order valence-corrected chi connectivity index (χ1v) is 18.4. The maximum absolute atomic E-state index is 16.0. The van der Waals surface area contributed by atoms with Gasteiger partial charge >= 0.3 is 13.4 Å². The number of aryl methyl sites for hydroxylation is 1. The molecular weight excluding hydrogens is 703 g/mol. The fraction of sp³-hybridized carbons (Fsp3) is 0.545. The van der Waals surface area contributed by atoms with Crippen LogP contribution in [0.5, 0.6) is 0 Å². The van der Waals surface area contributed by atoms with Crippen molar-refractivity contribution < 1.29 is 50.5 Å². The molecule has 46 heavy (non-hydrogen) atoms. The Morgan fingerprint density at radius 3 is 2.70 bits per heavy atom. The molecule has 0 aliphatic carbocycles. The van der Waals surface area contributed by atoms with Crippen LogP contribution in [0, 0.1) is 6.92 Å². The van der Waals surface area contributed by atoms with Gasteiger partial charge in [-0.15, -0.1) is 0 Å². The Hall–Kier alpha value is -2.33. The fourth-order valence-corrected chi connectivity index (χ4v) is 7.27. The molecule has 0 aromatic carbocycles. The molecule has 0 saturated carbocycles. The summed E-state index contributed by atoms with van der Waals surface area (Å²) in [6.45, 7) is -11.2. The molecule has 0 amide bonds. The second kappa shape index (κ2) is 12.6. The zero-order valence-electron chi connectivity index (χ0n) is 23.7. The molecule has 24 heteroatoms. The van der Waals surface area contributed by atoms with Crippen LogP contribution >= 0.6 is 13.4 Å². The predicted octanol–water partition coefficient (Wildman–Crippen LogP) is 1.67. The van der Waals surface area contributed by atoms with E-state index in [4.69, 9.17) is 51.2 Å². The van der Waals surface area contributed by atoms with E-state index in [0.29, 0.717) is 0 Å². The van der Waals surface area contributed by atoms with Crippen LogP contribution in [0.4, 0.5) is 13.2 Å². The number of nitrogens with one attached hydrogen (secondary N) is 1. The van der Waals surface area contributed by atoms with Gasteiger partial charge in [-0.3, -0.25) is 13.9 Å². The van der Waals surface area contributed by atoms with Crippen molar-refractivity contribution in [2.45, 2.75) is 57.2 Å². The molecule has 2 bridgehead atoms. The van der Waals surface area contributed by atoms with Gasteiger partial charge in [0, 0.05) is 7.11 Å². The van der Waals surface area contributed by atoms with Gasteiger partial charge in [0.1, 0.15) is 49.2 Å². The Morgan fingerprint density at radius 2 is 1.93 bits per heavy atom. The highest BCUT2D eigenvalue weighted by atomic mass is 32.5. The van der Waals surface area contributed by atoms with Gasteiger partial charge in [-0.25, -0.2) is 38.1 Å². The van der Waals surface area contributed by atoms with Crippen LogP contribution in [-0.2, 0) is 70.9 Å². The number of methoxy groups -OCH3 is 1. The second-order valence-corrected chi connectivity index (χ2v) is 15.9. The number of rotatable bonds is 3. The molecule has 250 valence electrons. The quantitative estimate of drug-likeness (QED) is 0.257. The Labute approximate surface area is 266 Å². The van der Waals surface area contributed by atoms with Crippen LogP contribution in [0.2, 0.25) is 0 Å². The number of H-pyrrole nitrogens is 1. The Bertz CT molecular complexity index is 1950. The third-order valence-electron chi connectivity index (χ3n) is 6.82. The highest BCUT2D eigenvalue weighted by molar-refractivity contribution is 8.07. The first-order chi connectivity index (χ1) is 21.7. The van der Waals surface area contributed by atoms with Crippen molar-refractivity contribution in [1.82, 2.24) is 39.0 Å². The molecule has 1 saturated heterocycles. The number of ether oxygens (including phenoxy) is 2. The molecule has 6 rings (SSSR count). The molecule has 0 radical (unpaired) electrons. The topological polar surface area (TPSA) is 203 Å². The minimum atomic E-state index is -4.40. The van der Waals surface area contributed by atoms with Crippen LogP contribution in [0.25, 0.3) is 22.3 Å². The smallest absolute Gasteiger partial charge is 0.325 e. The molecule has 6 heterocycles. The Kier molecular flexibility index (Phi) is 9.20. The SMILES string of the molecule is COCc1ncc2nc3n(c2n1)CC(F)(F)COP(O)(=S)OC[C@H]1O[C@@H](n2cnc4c(=O)[nH]c(C)nc42)[C@H](OP(O)(=S)OC3)[C@@H]1F. The lowest BCUT2D eigenvalue weighted by Crippen LogP contribution is -2.33. The number of aromatic nitrogens is 8. The molecule has 1 fully saturated rings. The number of alkyl halides is 3. The van der Waals surface area contributed by atoms with E-state index >= 15 is 13.2 Å². The Morgan fingerprint density at radius 1 is 1.15 bits per heavy atom. The van der Waals surface area contributed by atoms with Gasteiger partial charge in [-0.05, 0) is 30.5 Å². The van der Waals surface area contributed by atoms with Gasteiger partial charge < -0.3 is 42.4 Å². The first kappa shape index (κ1) is 33.6. The van der Waals surface area contributed by atoms with E-state index in [2.05, 4.69) is 29.9 Å². The zero-order valence-corrected chi connectivity index (χ0v) is 27.1. The van der Waals surface area contributed by atoms with E-state index in [-0.39, 0.29) is 46.4 Å². The maximum Gasteiger partial charge on any atom is 0.325 e. The molecule has 3 N–H and O–H groups in total. The summed E-state index contributed by atoms with van der Waals surface area (Å²) in [5.41, 5.74) is -0.624. The van der Waals surface area contributed by atoms with Crippen LogP contribution in [0.1, 0.15) is 23.7 Å². The minimum absolute atomic E-state index is 0.00724. The lowest BCUT2D eigenvalue weighted by atomic mass is 10.1. The molecule has 6 atom stereocenters. The lowest BCUT2D eigenvalue weighted by Gasteiger charge is -2.26. The first-order valence-electron chi connectivity index (χ1n) is 13.2. The average molecular weight is 729 g/mol. The van der Waals surface area contributed by atoms with Crippen LogP contribution in [0.3, 0.4) is 0 Å². The van der Waals surface area contributed by atoms with Crippen molar-refractivity contribution in [2.24, 2.45) is 0 Å². The Balaban J connectivity index is 1.40. The molecule has 17 nitrogen and oxygen atoms in total. The van der Waals surface area contributed by atoms with Crippen molar-refractivity contribution in [3.8, 4) is 0 Å². The number of fused-ring (bicyclic) bond motifs is 6. The van der Waals surface area contributed by atoms with E-state index in [1.165, 1.54) is 24.8 Å². The van der Waals surface area contributed by atoms with E-state index in [1.807, 2.05) is 0 Å². The molecular formula is C22H25F3N8O9P2S2. The van der Waals surface area contributed by atoms with E-state index in [1.54, 1.807) is 0 Å². The van der Waals surface area contributed by atoms with Crippen LogP contribution < -0.4 is 5.56 Å². The molecule has 2 aliphatic rings. The van der Waals surface area contributed by atoms with Gasteiger partial charge in [0.25, 0.3) is 11.5 Å². The minimum Gasteiger partial charge on any atom is -0.377 e. The lowest BCUT2D eigenvalue weighted by molar-refractivity contribution is -0.0643. The average Bonchev–Trinajstić information content (AvgIpc) is 3.63. The number of hydrogen-bond donors (Lipinski definition) is 3. The van der Waals surface area contributed by atoms with Crippen molar-refractivity contribution in [3.63, 3.8) is 0 Å². The third-order valence-corrected chi connectivity index (χ3v) is 9.92. The summed E-state index contributed by atoms with van der Waals surface area (Å²) in [4.78, 5) is 57.4. The number of imidazole rings is 2. The zero-order chi connectivity index (χ0) is 33.0. The molecule has 2 aliphatic heterocycles. The predicted molar refractivity (Wildman–Crippen MR) is 157 cm³/mol. The summed E-state index contributed by atoms with van der Waals surface area (Å²) in [5.74, 6) is -3.49. The van der Waals surface area contributed by atoms with Crippen LogP contribution in [0.15, 0.2) is 17.3 Å². The van der Waals surface area contributed by atoms with Gasteiger partial charge in [0.05, 0.1) is 25.7 Å². The van der Waals surface area contributed by atoms with E-state index in [9.17, 15) is 14.6 Å². The van der Waals surface area contributed by atoms with Gasteiger partial charge in [-0.1, -0.05) is 0 Å².